The van der Waals surface area contributed by atoms with Gasteiger partial charge in [-0.2, -0.15) is 0 Å². The number of rotatable bonds is 4. The van der Waals surface area contributed by atoms with Gasteiger partial charge in [-0.05, 0) is 17.7 Å². The lowest BCUT2D eigenvalue weighted by Crippen LogP contribution is -2.25. The van der Waals surface area contributed by atoms with Crippen LogP contribution >= 0.6 is 0 Å². The quantitative estimate of drug-likeness (QED) is 0.847. The van der Waals surface area contributed by atoms with Crippen LogP contribution in [0.5, 0.6) is 5.75 Å². The third-order valence-electron chi connectivity index (χ3n) is 2.49. The highest BCUT2D eigenvalue weighted by Gasteiger charge is 2.06. The predicted molar refractivity (Wildman–Crippen MR) is 69.0 cm³/mol. The smallest absolute Gasteiger partial charge is 0.271 e. The van der Waals surface area contributed by atoms with Gasteiger partial charge in [-0.15, -0.1) is 0 Å². The monoisotopic (exact) mass is 259 g/mol. The number of aromatic nitrogens is 2. The first-order chi connectivity index (χ1) is 9.19. The molecule has 6 heteroatoms. The summed E-state index contributed by atoms with van der Waals surface area (Å²) in [7, 11) is 1.59. The maximum Gasteiger partial charge on any atom is 0.271 e. The number of ether oxygens (including phenoxy) is 1. The van der Waals surface area contributed by atoms with Crippen LogP contribution in [0.2, 0.25) is 0 Å². The van der Waals surface area contributed by atoms with E-state index in [0.717, 1.165) is 17.5 Å². The third-order valence-corrected chi connectivity index (χ3v) is 2.49. The number of hydrogen-bond donors (Lipinski definition) is 2. The number of nitrogens with one attached hydrogen (secondary N) is 2. The Balaban J connectivity index is 2.00. The number of nitrogens with zero attached hydrogens (tertiary/aromatic N) is 1. The fourth-order valence-corrected chi connectivity index (χ4v) is 1.52. The van der Waals surface area contributed by atoms with Crippen LogP contribution < -0.4 is 15.6 Å². The molecule has 98 valence electrons. The minimum atomic E-state index is -0.348. The van der Waals surface area contributed by atoms with Crippen molar-refractivity contribution in [2.24, 2.45) is 0 Å². The molecule has 0 unspecified atom stereocenters. The van der Waals surface area contributed by atoms with Crippen LogP contribution in [0.1, 0.15) is 16.1 Å². The summed E-state index contributed by atoms with van der Waals surface area (Å²) in [5.41, 5.74) is 0.740. The molecule has 2 aromatic rings. The van der Waals surface area contributed by atoms with Gasteiger partial charge in [0.1, 0.15) is 11.4 Å². The van der Waals surface area contributed by atoms with E-state index in [1.165, 1.54) is 6.20 Å². The molecule has 0 radical (unpaired) electrons. The van der Waals surface area contributed by atoms with Gasteiger partial charge in [0, 0.05) is 12.7 Å². The average Bonchev–Trinajstić information content (AvgIpc) is 2.46. The Morgan fingerprint density at radius 2 is 2.32 bits per heavy atom. The maximum atomic E-state index is 11.8. The normalized spacial score (nSPS) is 9.95. The van der Waals surface area contributed by atoms with Gasteiger partial charge in [-0.25, -0.2) is 4.98 Å². The van der Waals surface area contributed by atoms with E-state index >= 15 is 0 Å². The number of methoxy groups -OCH3 is 1. The standard InChI is InChI=1S/C13H13N3O3/c1-19-10-4-2-3-9(5-10)6-16-13(18)11-7-15-12(17)8-14-11/h2-5,7-8H,6H2,1H3,(H,15,17)(H,16,18). The Hall–Kier alpha value is -2.63. The maximum absolute atomic E-state index is 11.8. The van der Waals surface area contributed by atoms with Crippen LogP contribution in [0.15, 0.2) is 41.5 Å². The number of carbonyl (C=O) groups excluding carboxylic acids is 1. The molecule has 1 aromatic carbocycles. The number of amides is 1. The van der Waals surface area contributed by atoms with Crippen LogP contribution in [0.4, 0.5) is 0 Å². The van der Waals surface area contributed by atoms with Crippen molar-refractivity contribution in [1.82, 2.24) is 15.3 Å². The fourth-order valence-electron chi connectivity index (χ4n) is 1.52. The van der Waals surface area contributed by atoms with Crippen LogP contribution in [0.3, 0.4) is 0 Å². The molecule has 1 amide bonds. The van der Waals surface area contributed by atoms with E-state index in [1.807, 2.05) is 24.3 Å². The Morgan fingerprint density at radius 1 is 1.47 bits per heavy atom. The molecule has 1 heterocycles. The Morgan fingerprint density at radius 3 is 3.00 bits per heavy atom. The summed E-state index contributed by atoms with van der Waals surface area (Å²) < 4.78 is 5.09. The highest BCUT2D eigenvalue weighted by molar-refractivity contribution is 5.91. The molecule has 0 spiro atoms. The zero-order valence-electron chi connectivity index (χ0n) is 10.3. The van der Waals surface area contributed by atoms with Crippen molar-refractivity contribution in [3.05, 3.63) is 58.3 Å². The summed E-state index contributed by atoms with van der Waals surface area (Å²) in [5, 5.41) is 2.71. The predicted octanol–water partition coefficient (Wildman–Crippen LogP) is 0.708. The number of H-pyrrole nitrogens is 1. The fraction of sp³-hybridized carbons (Fsp3) is 0.154. The van der Waals surface area contributed by atoms with E-state index in [1.54, 1.807) is 7.11 Å². The first-order valence-electron chi connectivity index (χ1n) is 5.65. The van der Waals surface area contributed by atoms with Gasteiger partial charge in [0.15, 0.2) is 0 Å². The molecule has 0 bridgehead atoms. The molecular formula is C13H13N3O3. The van der Waals surface area contributed by atoms with E-state index in [4.69, 9.17) is 4.74 Å². The summed E-state index contributed by atoms with van der Waals surface area (Å²) in [6.45, 7) is 0.358. The summed E-state index contributed by atoms with van der Waals surface area (Å²) in [6.07, 6.45) is 2.35. The molecule has 0 atom stereocenters. The molecule has 6 nitrogen and oxygen atoms in total. The molecule has 0 saturated heterocycles. The number of aromatic amines is 1. The SMILES string of the molecule is COc1cccc(CNC(=O)c2c[nH]c(=O)cn2)c1. The molecule has 19 heavy (non-hydrogen) atoms. The van der Waals surface area contributed by atoms with Crippen molar-refractivity contribution in [2.45, 2.75) is 6.54 Å². The number of hydrogen-bond acceptors (Lipinski definition) is 4. The second-order valence-corrected chi connectivity index (χ2v) is 3.83. The van der Waals surface area contributed by atoms with E-state index in [-0.39, 0.29) is 17.2 Å². The summed E-state index contributed by atoms with van der Waals surface area (Å²) in [6, 6.07) is 7.39. The molecule has 0 saturated carbocycles. The van der Waals surface area contributed by atoms with E-state index in [0.29, 0.717) is 6.54 Å². The van der Waals surface area contributed by atoms with Crippen molar-refractivity contribution < 1.29 is 9.53 Å². The van der Waals surface area contributed by atoms with Gasteiger partial charge in [0.25, 0.3) is 11.5 Å². The zero-order valence-corrected chi connectivity index (χ0v) is 10.3. The van der Waals surface area contributed by atoms with Crippen molar-refractivity contribution in [3.8, 4) is 5.75 Å². The second kappa shape index (κ2) is 5.81. The van der Waals surface area contributed by atoms with E-state index in [9.17, 15) is 9.59 Å². The lowest BCUT2D eigenvalue weighted by atomic mass is 10.2. The lowest BCUT2D eigenvalue weighted by Gasteiger charge is -2.06. The van der Waals surface area contributed by atoms with E-state index in [2.05, 4.69) is 15.3 Å². The van der Waals surface area contributed by atoms with Crippen LogP contribution in [-0.2, 0) is 6.54 Å². The van der Waals surface area contributed by atoms with Gasteiger partial charge < -0.3 is 15.0 Å². The Bertz CT molecular complexity index is 617. The highest BCUT2D eigenvalue weighted by atomic mass is 16.5. The van der Waals surface area contributed by atoms with Crippen molar-refractivity contribution >= 4 is 5.91 Å². The first-order valence-corrected chi connectivity index (χ1v) is 5.65. The molecule has 2 N–H and O–H groups in total. The van der Waals surface area contributed by atoms with Gasteiger partial charge in [-0.3, -0.25) is 9.59 Å². The molecule has 2 rings (SSSR count). The van der Waals surface area contributed by atoms with Gasteiger partial charge in [0.05, 0.1) is 13.3 Å². The van der Waals surface area contributed by atoms with Crippen LogP contribution in [-0.4, -0.2) is 23.0 Å². The van der Waals surface area contributed by atoms with Gasteiger partial charge in [0.2, 0.25) is 0 Å². The van der Waals surface area contributed by atoms with Crippen molar-refractivity contribution in [3.63, 3.8) is 0 Å². The van der Waals surface area contributed by atoms with Crippen molar-refractivity contribution in [1.29, 1.82) is 0 Å². The van der Waals surface area contributed by atoms with Gasteiger partial charge in [-0.1, -0.05) is 12.1 Å². The van der Waals surface area contributed by atoms with Gasteiger partial charge >= 0.3 is 0 Å². The topological polar surface area (TPSA) is 84.1 Å². The lowest BCUT2D eigenvalue weighted by molar-refractivity contribution is 0.0945. The largest absolute Gasteiger partial charge is 0.497 e. The second-order valence-electron chi connectivity index (χ2n) is 3.83. The Kier molecular flexibility index (Phi) is 3.92. The summed E-state index contributed by atoms with van der Waals surface area (Å²) >= 11 is 0. The molecule has 0 aliphatic rings. The molecule has 0 fully saturated rings. The first kappa shape index (κ1) is 12.8. The minimum Gasteiger partial charge on any atom is -0.497 e. The van der Waals surface area contributed by atoms with E-state index < -0.39 is 0 Å². The Labute approximate surface area is 109 Å². The van der Waals surface area contributed by atoms with Crippen LogP contribution in [0, 0.1) is 0 Å². The average molecular weight is 259 g/mol. The zero-order chi connectivity index (χ0) is 13.7. The number of carbonyl (C=O) groups is 1. The number of benzene rings is 1. The summed E-state index contributed by atoms with van der Waals surface area (Å²) in [5.74, 6) is 0.382. The molecule has 0 aliphatic heterocycles. The molecule has 0 aliphatic carbocycles. The third kappa shape index (κ3) is 3.41. The van der Waals surface area contributed by atoms with Crippen LogP contribution in [0.25, 0.3) is 0 Å². The highest BCUT2D eigenvalue weighted by Crippen LogP contribution is 2.12. The molecular weight excluding hydrogens is 246 g/mol. The summed E-state index contributed by atoms with van der Waals surface area (Å²) in [4.78, 5) is 28.7. The van der Waals surface area contributed by atoms with Crippen molar-refractivity contribution in [2.75, 3.05) is 7.11 Å². The minimum absolute atomic E-state index is 0.169. The molecule has 1 aromatic heterocycles.